The number of fused-ring (bicyclic) bond motifs is 1. The Morgan fingerprint density at radius 1 is 0.825 bits per heavy atom. The first-order chi connectivity index (χ1) is 27.8. The van der Waals surface area contributed by atoms with Crippen molar-refractivity contribution in [2.45, 2.75) is 43.3 Å². The van der Waals surface area contributed by atoms with Crippen LogP contribution in [-0.2, 0) is 14.3 Å². The van der Waals surface area contributed by atoms with E-state index in [1.807, 2.05) is 77.5 Å². The molecule has 2 aliphatic rings. The Bertz CT molecular complexity index is 2410. The first kappa shape index (κ1) is 37.0. The van der Waals surface area contributed by atoms with Crippen LogP contribution in [0.1, 0.15) is 66.1 Å². The molecule has 14 heteroatoms. The predicted molar refractivity (Wildman–Crippen MR) is 211 cm³/mol. The molecule has 4 atom stereocenters. The van der Waals surface area contributed by atoms with Gasteiger partial charge in [-0.25, -0.2) is 19.6 Å². The molecule has 4 aromatic carbocycles. The number of hydrogen-bond acceptors (Lipinski definition) is 7. The van der Waals surface area contributed by atoms with Crippen molar-refractivity contribution in [2.24, 2.45) is 0 Å². The zero-order chi connectivity index (χ0) is 39.5. The van der Waals surface area contributed by atoms with Gasteiger partial charge in [0.15, 0.2) is 0 Å². The molecule has 4 heterocycles. The highest BCUT2D eigenvalue weighted by Gasteiger charge is 2.38. The fourth-order valence-corrected chi connectivity index (χ4v) is 8.04. The smallest absolute Gasteiger partial charge is 0.407 e. The first-order valence-corrected chi connectivity index (χ1v) is 18.9. The first-order valence-electron chi connectivity index (χ1n) is 18.9. The maximum absolute atomic E-state index is 14.0. The highest BCUT2D eigenvalue weighted by Crippen LogP contribution is 2.36. The number of imidazole rings is 2. The summed E-state index contributed by atoms with van der Waals surface area (Å²) in [5.41, 5.74) is 5.75. The number of benzene rings is 4. The maximum Gasteiger partial charge on any atom is 0.407 e. The van der Waals surface area contributed by atoms with Crippen molar-refractivity contribution in [1.29, 1.82) is 0 Å². The lowest BCUT2D eigenvalue weighted by molar-refractivity contribution is -0.134. The molecule has 2 aliphatic heterocycles. The molecule has 2 unspecified atom stereocenters. The largest absolute Gasteiger partial charge is 0.465 e. The molecule has 2 aromatic heterocycles. The van der Waals surface area contributed by atoms with Crippen molar-refractivity contribution >= 4 is 35.0 Å². The van der Waals surface area contributed by atoms with Gasteiger partial charge in [0.05, 0.1) is 24.2 Å². The van der Waals surface area contributed by atoms with E-state index in [0.29, 0.717) is 43.0 Å². The van der Waals surface area contributed by atoms with Gasteiger partial charge in [-0.1, -0.05) is 78.9 Å². The molecule has 0 saturated carbocycles. The van der Waals surface area contributed by atoms with Gasteiger partial charge < -0.3 is 39.8 Å². The van der Waals surface area contributed by atoms with Crippen molar-refractivity contribution in [2.75, 3.05) is 26.7 Å². The summed E-state index contributed by atoms with van der Waals surface area (Å²) in [5, 5.41) is 14.6. The summed E-state index contributed by atoms with van der Waals surface area (Å²) < 4.78 is 6.88. The van der Waals surface area contributed by atoms with Crippen molar-refractivity contribution in [3.63, 3.8) is 0 Å². The number of amides is 4. The van der Waals surface area contributed by atoms with Crippen LogP contribution in [0.2, 0.25) is 0 Å². The summed E-state index contributed by atoms with van der Waals surface area (Å²) in [4.78, 5) is 68.1. The fraction of sp³-hybridized carbons (Fsp3) is 0.256. The van der Waals surface area contributed by atoms with Crippen LogP contribution in [0.5, 0.6) is 0 Å². The van der Waals surface area contributed by atoms with E-state index in [1.165, 1.54) is 7.11 Å². The molecule has 0 spiro atoms. The summed E-state index contributed by atoms with van der Waals surface area (Å²) >= 11 is 0. The molecule has 8 rings (SSSR count). The third kappa shape index (κ3) is 7.66. The number of carbonyl (C=O) groups is 4. The van der Waals surface area contributed by atoms with Crippen molar-refractivity contribution in [3.05, 3.63) is 138 Å². The highest BCUT2D eigenvalue weighted by atomic mass is 16.5. The molecule has 0 bridgehead atoms. The zero-order valence-corrected chi connectivity index (χ0v) is 31.2. The fourth-order valence-electron chi connectivity index (χ4n) is 8.04. The molecule has 2 saturated heterocycles. The van der Waals surface area contributed by atoms with E-state index in [-0.39, 0.29) is 23.8 Å². The van der Waals surface area contributed by atoms with Gasteiger partial charge in [0.1, 0.15) is 23.7 Å². The van der Waals surface area contributed by atoms with Crippen LogP contribution < -0.4 is 10.6 Å². The number of nitrogens with one attached hydrogen (secondary N) is 3. The number of nitrogens with zero attached hydrogens (tertiary/aromatic N) is 5. The van der Waals surface area contributed by atoms with E-state index >= 15 is 0 Å². The van der Waals surface area contributed by atoms with Gasteiger partial charge in [-0.2, -0.15) is 0 Å². The highest BCUT2D eigenvalue weighted by molar-refractivity contribution is 5.88. The molecule has 4 amide bonds. The summed E-state index contributed by atoms with van der Waals surface area (Å²) in [6.45, 7) is 1.43. The normalized spacial score (nSPS) is 17.6. The van der Waals surface area contributed by atoms with Gasteiger partial charge in [-0.05, 0) is 65.8 Å². The van der Waals surface area contributed by atoms with Crippen LogP contribution >= 0.6 is 0 Å². The summed E-state index contributed by atoms with van der Waals surface area (Å²) in [5.74, 6) is 0.949. The number of carboxylic acid groups (broad SMARTS) is 1. The number of aromatic nitrogens is 4. The van der Waals surface area contributed by atoms with Crippen molar-refractivity contribution in [3.8, 4) is 16.8 Å². The number of likely N-dealkylation sites (tertiary alicyclic amines) is 2. The van der Waals surface area contributed by atoms with Gasteiger partial charge in [-0.3, -0.25) is 9.59 Å². The summed E-state index contributed by atoms with van der Waals surface area (Å²) in [6.07, 6.45) is 3.95. The van der Waals surface area contributed by atoms with Crippen molar-refractivity contribution < 1.29 is 29.0 Å². The SMILES string of the molecule is COC(=O)N[C@@H](C(=O)N1CCC[C@H]1c1nc2ccc(-c3cccc(-n4ccnc4C4CCN(C(=O)C(NC(=O)O)c5ccccc5)C4)c3)cc2[nH]1)c1ccccc1. The molecule has 2 fully saturated rings. The second-order valence-corrected chi connectivity index (χ2v) is 14.3. The van der Waals surface area contributed by atoms with Crippen LogP contribution in [0, 0.1) is 0 Å². The Kier molecular flexibility index (Phi) is 10.4. The topological polar surface area (TPSA) is 175 Å². The van der Waals surface area contributed by atoms with Crippen LogP contribution in [0.15, 0.2) is 116 Å². The third-order valence-corrected chi connectivity index (χ3v) is 10.8. The van der Waals surface area contributed by atoms with Crippen LogP contribution in [0.25, 0.3) is 27.8 Å². The predicted octanol–water partition coefficient (Wildman–Crippen LogP) is 6.50. The Labute approximate surface area is 328 Å². The minimum atomic E-state index is -1.26. The lowest BCUT2D eigenvalue weighted by Gasteiger charge is -2.28. The van der Waals surface area contributed by atoms with Gasteiger partial charge in [0.2, 0.25) is 5.91 Å². The Morgan fingerprint density at radius 3 is 2.26 bits per heavy atom. The van der Waals surface area contributed by atoms with Crippen LogP contribution in [0.3, 0.4) is 0 Å². The van der Waals surface area contributed by atoms with E-state index < -0.39 is 24.3 Å². The van der Waals surface area contributed by atoms with Gasteiger partial charge >= 0.3 is 12.2 Å². The van der Waals surface area contributed by atoms with E-state index in [0.717, 1.165) is 46.5 Å². The Morgan fingerprint density at radius 2 is 1.54 bits per heavy atom. The number of aromatic amines is 1. The van der Waals surface area contributed by atoms with E-state index in [4.69, 9.17) is 14.7 Å². The van der Waals surface area contributed by atoms with E-state index in [9.17, 15) is 24.3 Å². The molecule has 6 aromatic rings. The number of ether oxygens (including phenoxy) is 1. The second kappa shape index (κ2) is 16.0. The van der Waals surface area contributed by atoms with Gasteiger partial charge in [0.25, 0.3) is 5.91 Å². The molecule has 57 heavy (non-hydrogen) atoms. The van der Waals surface area contributed by atoms with E-state index in [2.05, 4.69) is 27.8 Å². The quantitative estimate of drug-likeness (QED) is 0.122. The minimum Gasteiger partial charge on any atom is -0.465 e. The molecular weight excluding hydrogens is 725 g/mol. The summed E-state index contributed by atoms with van der Waals surface area (Å²) in [7, 11) is 1.27. The number of alkyl carbamates (subject to hydrolysis) is 1. The molecular formula is C43H42N8O6. The number of methoxy groups -OCH3 is 1. The molecule has 0 radical (unpaired) electrons. The molecule has 0 aliphatic carbocycles. The molecule has 4 N–H and O–H groups in total. The third-order valence-electron chi connectivity index (χ3n) is 10.8. The molecule has 290 valence electrons. The molecule has 14 nitrogen and oxygen atoms in total. The minimum absolute atomic E-state index is 0.0464. The van der Waals surface area contributed by atoms with Gasteiger partial charge in [0, 0.05) is 43.6 Å². The van der Waals surface area contributed by atoms with Crippen LogP contribution in [0.4, 0.5) is 9.59 Å². The van der Waals surface area contributed by atoms with E-state index in [1.54, 1.807) is 40.3 Å². The lowest BCUT2D eigenvalue weighted by atomic mass is 10.0. The number of H-pyrrole nitrogens is 1. The second-order valence-electron chi connectivity index (χ2n) is 14.3. The Balaban J connectivity index is 1.00. The number of carbonyl (C=O) groups excluding carboxylic acids is 3. The summed E-state index contributed by atoms with van der Waals surface area (Å²) in [6, 6.07) is 30.1. The average molecular weight is 767 g/mol. The van der Waals surface area contributed by atoms with Crippen LogP contribution in [-0.4, -0.2) is 85.2 Å². The van der Waals surface area contributed by atoms with Crippen molar-refractivity contribution in [1.82, 2.24) is 40.0 Å². The van der Waals surface area contributed by atoms with Gasteiger partial charge in [-0.15, -0.1) is 0 Å². The zero-order valence-electron chi connectivity index (χ0n) is 31.2. The number of rotatable bonds is 10. The number of hydrogen-bond donors (Lipinski definition) is 4. The monoisotopic (exact) mass is 766 g/mol. The standard InChI is InChI=1S/C43H42N8O6/c1-57-43(56)48-37(28-12-6-3-7-13-28)41(53)51-21-9-16-35(51)38-45-33-18-17-30(25-34(33)46-38)29-14-8-15-32(24-29)50-23-20-44-39(50)31-19-22-49(26-31)40(52)36(47-42(54)55)27-10-4-2-5-11-27/h2-8,10-15,17-18,20,23-25,31,35-37,47H,9,16,19,21-22,26H2,1H3,(H,45,46)(H,48,56)(H,54,55)/t31?,35-,36?,37+/m0/s1. The lowest BCUT2D eigenvalue weighted by Crippen LogP contribution is -2.42. The average Bonchev–Trinajstić information content (AvgIpc) is 4.08. The maximum atomic E-state index is 14.0. The Hall–Kier alpha value is -6.96.